The molecule has 112 valence electrons. The lowest BCUT2D eigenvalue weighted by Crippen LogP contribution is -2.56. The van der Waals surface area contributed by atoms with Crippen LogP contribution in [0.3, 0.4) is 0 Å². The number of alkyl halides is 4. The molecule has 0 bridgehead atoms. The second-order valence-electron chi connectivity index (χ2n) is 4.74. The van der Waals surface area contributed by atoms with Gasteiger partial charge in [0.25, 0.3) is 0 Å². The SMILES string of the molecule is CNC(C(Cl)(Cl)Cl)C(O)(CF)c1ccc2c(c1)SCC2. The number of aryl methyl sites for hydroxylation is 1. The van der Waals surface area contributed by atoms with Crippen molar-refractivity contribution in [2.24, 2.45) is 0 Å². The van der Waals surface area contributed by atoms with Gasteiger partial charge in [-0.2, -0.15) is 0 Å². The Hall–Kier alpha value is 0.290. The number of fused-ring (bicyclic) bond motifs is 1. The molecule has 2 atom stereocenters. The van der Waals surface area contributed by atoms with E-state index in [0.717, 1.165) is 17.1 Å². The molecule has 1 aliphatic rings. The molecule has 1 aromatic rings. The van der Waals surface area contributed by atoms with Gasteiger partial charge >= 0.3 is 0 Å². The third-order valence-electron chi connectivity index (χ3n) is 3.49. The second kappa shape index (κ2) is 6.19. The minimum Gasteiger partial charge on any atom is -0.381 e. The van der Waals surface area contributed by atoms with E-state index in [1.165, 1.54) is 12.6 Å². The molecule has 0 aliphatic carbocycles. The van der Waals surface area contributed by atoms with Crippen molar-refractivity contribution in [2.75, 3.05) is 19.5 Å². The van der Waals surface area contributed by atoms with Crippen LogP contribution >= 0.6 is 46.6 Å². The smallest absolute Gasteiger partial charge is 0.208 e. The topological polar surface area (TPSA) is 32.3 Å². The molecule has 0 saturated carbocycles. The summed E-state index contributed by atoms with van der Waals surface area (Å²) < 4.78 is 11.7. The number of nitrogens with one attached hydrogen (secondary N) is 1. The number of rotatable bonds is 4. The largest absolute Gasteiger partial charge is 0.381 e. The highest BCUT2D eigenvalue weighted by molar-refractivity contribution is 7.99. The zero-order valence-electron chi connectivity index (χ0n) is 10.8. The summed E-state index contributed by atoms with van der Waals surface area (Å²) in [6, 6.07) is 4.32. The van der Waals surface area contributed by atoms with Crippen LogP contribution in [0.25, 0.3) is 0 Å². The Kier molecular flexibility index (Phi) is 5.15. The van der Waals surface area contributed by atoms with E-state index in [2.05, 4.69) is 5.32 Å². The van der Waals surface area contributed by atoms with Crippen molar-refractivity contribution in [3.05, 3.63) is 29.3 Å². The highest BCUT2D eigenvalue weighted by atomic mass is 35.6. The van der Waals surface area contributed by atoms with E-state index in [-0.39, 0.29) is 0 Å². The molecule has 0 radical (unpaired) electrons. The van der Waals surface area contributed by atoms with E-state index in [1.54, 1.807) is 23.9 Å². The predicted molar refractivity (Wildman–Crippen MR) is 83.9 cm³/mol. The van der Waals surface area contributed by atoms with Crippen LogP contribution in [-0.4, -0.2) is 34.4 Å². The summed E-state index contributed by atoms with van der Waals surface area (Å²) in [5.41, 5.74) is -0.272. The molecule has 1 heterocycles. The molecule has 20 heavy (non-hydrogen) atoms. The van der Waals surface area contributed by atoms with Crippen LogP contribution in [0.2, 0.25) is 0 Å². The van der Waals surface area contributed by atoms with Crippen LogP contribution in [0.15, 0.2) is 23.1 Å². The Morgan fingerprint density at radius 3 is 2.70 bits per heavy atom. The summed E-state index contributed by atoms with van der Waals surface area (Å²) in [4.78, 5) is 1.05. The molecular formula is C13H15Cl3FNOS. The lowest BCUT2D eigenvalue weighted by molar-refractivity contribution is -0.0220. The molecule has 0 saturated heterocycles. The molecule has 1 aromatic carbocycles. The zero-order chi connectivity index (χ0) is 15.0. The molecule has 2 N–H and O–H groups in total. The number of aliphatic hydroxyl groups is 1. The standard InChI is InChI=1S/C13H15Cl3FNOS/c1-18-11(13(14,15)16)12(19,7-17)9-3-2-8-4-5-20-10(8)6-9/h2-3,6,11,18-19H,4-5,7H2,1H3. The quantitative estimate of drug-likeness (QED) is 0.809. The van der Waals surface area contributed by atoms with Gasteiger partial charge in [-0.3, -0.25) is 0 Å². The first-order valence-electron chi connectivity index (χ1n) is 6.11. The first-order chi connectivity index (χ1) is 9.32. The monoisotopic (exact) mass is 357 g/mol. The normalized spacial score (nSPS) is 19.5. The number of hydrogen-bond donors (Lipinski definition) is 2. The predicted octanol–water partition coefficient (Wildman–Crippen LogP) is 3.45. The summed E-state index contributed by atoms with van der Waals surface area (Å²) in [7, 11) is 1.52. The van der Waals surface area contributed by atoms with Crippen LogP contribution in [0.1, 0.15) is 11.1 Å². The number of thioether (sulfide) groups is 1. The minimum atomic E-state index is -1.89. The van der Waals surface area contributed by atoms with Crippen molar-refractivity contribution in [3.8, 4) is 0 Å². The van der Waals surface area contributed by atoms with Crippen LogP contribution in [0.4, 0.5) is 4.39 Å². The van der Waals surface area contributed by atoms with Gasteiger partial charge in [0.2, 0.25) is 3.79 Å². The molecule has 2 unspecified atom stereocenters. The molecule has 0 aromatic heterocycles. The molecule has 7 heteroatoms. The Morgan fingerprint density at radius 2 is 2.15 bits per heavy atom. The van der Waals surface area contributed by atoms with Crippen molar-refractivity contribution < 1.29 is 9.50 Å². The van der Waals surface area contributed by atoms with E-state index in [4.69, 9.17) is 34.8 Å². The van der Waals surface area contributed by atoms with Gasteiger partial charge < -0.3 is 10.4 Å². The molecule has 0 amide bonds. The van der Waals surface area contributed by atoms with E-state index >= 15 is 0 Å². The maximum Gasteiger partial charge on any atom is 0.208 e. The van der Waals surface area contributed by atoms with Crippen LogP contribution in [0, 0.1) is 0 Å². The Labute approximate surface area is 137 Å². The van der Waals surface area contributed by atoms with E-state index in [1.807, 2.05) is 6.07 Å². The Balaban J connectivity index is 2.44. The third kappa shape index (κ3) is 3.06. The van der Waals surface area contributed by atoms with Crippen molar-refractivity contribution in [2.45, 2.75) is 26.8 Å². The summed E-state index contributed by atoms with van der Waals surface area (Å²) in [6.45, 7) is -1.05. The minimum absolute atomic E-state index is 0.416. The Bertz CT molecular complexity index is 497. The highest BCUT2D eigenvalue weighted by Gasteiger charge is 2.49. The molecule has 0 spiro atoms. The zero-order valence-corrected chi connectivity index (χ0v) is 13.9. The van der Waals surface area contributed by atoms with Crippen molar-refractivity contribution in [1.29, 1.82) is 0 Å². The van der Waals surface area contributed by atoms with Gasteiger partial charge in [-0.05, 0) is 30.7 Å². The third-order valence-corrected chi connectivity index (χ3v) is 5.25. The first kappa shape index (κ1) is 16.7. The molecular weight excluding hydrogens is 344 g/mol. The van der Waals surface area contributed by atoms with Crippen LogP contribution in [0.5, 0.6) is 0 Å². The van der Waals surface area contributed by atoms with Crippen LogP contribution in [-0.2, 0) is 12.0 Å². The van der Waals surface area contributed by atoms with Gasteiger partial charge in [0.1, 0.15) is 12.3 Å². The Morgan fingerprint density at radius 1 is 1.45 bits per heavy atom. The van der Waals surface area contributed by atoms with Gasteiger partial charge in [-0.1, -0.05) is 46.9 Å². The first-order valence-corrected chi connectivity index (χ1v) is 8.23. The fourth-order valence-electron chi connectivity index (χ4n) is 2.43. The van der Waals surface area contributed by atoms with Crippen molar-refractivity contribution in [3.63, 3.8) is 0 Å². The fourth-order valence-corrected chi connectivity index (χ4v) is 4.41. The van der Waals surface area contributed by atoms with Gasteiger partial charge in [0.05, 0.1) is 6.04 Å². The second-order valence-corrected chi connectivity index (χ2v) is 8.25. The maximum absolute atomic E-state index is 13.6. The highest BCUT2D eigenvalue weighted by Crippen LogP contribution is 2.42. The van der Waals surface area contributed by atoms with E-state index in [9.17, 15) is 9.50 Å². The number of likely N-dealkylation sites (N-methyl/N-ethyl adjacent to an activating group) is 1. The van der Waals surface area contributed by atoms with Crippen molar-refractivity contribution in [1.82, 2.24) is 5.32 Å². The molecule has 0 fully saturated rings. The average molecular weight is 359 g/mol. The summed E-state index contributed by atoms with van der Waals surface area (Å²) >= 11 is 19.3. The molecule has 1 aliphatic heterocycles. The average Bonchev–Trinajstić information content (AvgIpc) is 2.84. The number of halogens is 4. The molecule has 2 nitrogen and oxygen atoms in total. The summed E-state index contributed by atoms with van der Waals surface area (Å²) in [5.74, 6) is 0.993. The summed E-state index contributed by atoms with van der Waals surface area (Å²) in [6.07, 6.45) is 0.980. The lowest BCUT2D eigenvalue weighted by Gasteiger charge is -2.38. The molecule has 2 rings (SSSR count). The van der Waals surface area contributed by atoms with Crippen LogP contribution < -0.4 is 5.32 Å². The summed E-state index contributed by atoms with van der Waals surface area (Å²) in [5, 5.41) is 13.4. The van der Waals surface area contributed by atoms with Gasteiger partial charge in [0, 0.05) is 10.6 Å². The lowest BCUT2D eigenvalue weighted by atomic mass is 9.87. The number of benzene rings is 1. The van der Waals surface area contributed by atoms with E-state index in [0.29, 0.717) is 5.56 Å². The van der Waals surface area contributed by atoms with Gasteiger partial charge in [-0.25, -0.2) is 4.39 Å². The maximum atomic E-state index is 13.6. The van der Waals surface area contributed by atoms with Gasteiger partial charge in [-0.15, -0.1) is 11.8 Å². The van der Waals surface area contributed by atoms with Gasteiger partial charge in [0.15, 0.2) is 0 Å². The van der Waals surface area contributed by atoms with E-state index < -0.39 is 22.1 Å². The number of hydrogen-bond acceptors (Lipinski definition) is 3. The fraction of sp³-hybridized carbons (Fsp3) is 0.538. The van der Waals surface area contributed by atoms with Crippen molar-refractivity contribution >= 4 is 46.6 Å².